The zero-order valence-electron chi connectivity index (χ0n) is 9.66. The summed E-state index contributed by atoms with van der Waals surface area (Å²) in [6.45, 7) is 3.17. The Balaban J connectivity index is 2.90. The van der Waals surface area contributed by atoms with Crippen molar-refractivity contribution in [1.82, 2.24) is 5.32 Å². The highest BCUT2D eigenvalue weighted by atomic mass is 19.1. The monoisotopic (exact) mass is 239 g/mol. The van der Waals surface area contributed by atoms with Crippen LogP contribution >= 0.6 is 0 Å². The molecule has 0 spiro atoms. The van der Waals surface area contributed by atoms with Gasteiger partial charge in [-0.25, -0.2) is 9.18 Å². The van der Waals surface area contributed by atoms with Crippen molar-refractivity contribution in [2.24, 2.45) is 0 Å². The number of hydrogen-bond donors (Lipinski definition) is 2. The normalized spacial score (nSPS) is 11.9. The minimum Gasteiger partial charge on any atom is -0.480 e. The molecule has 1 rings (SSSR count). The van der Waals surface area contributed by atoms with Crippen molar-refractivity contribution in [1.29, 1.82) is 0 Å². The van der Waals surface area contributed by atoms with Crippen LogP contribution in [0.5, 0.6) is 0 Å². The lowest BCUT2D eigenvalue weighted by Crippen LogP contribution is -2.40. The van der Waals surface area contributed by atoms with Crippen molar-refractivity contribution in [3.63, 3.8) is 0 Å². The molecule has 17 heavy (non-hydrogen) atoms. The number of benzene rings is 1. The van der Waals surface area contributed by atoms with E-state index in [1.807, 2.05) is 0 Å². The summed E-state index contributed by atoms with van der Waals surface area (Å²) in [7, 11) is 0. The number of carbonyl (C=O) groups excluding carboxylic acids is 1. The molecule has 0 fully saturated rings. The molecule has 2 N–H and O–H groups in total. The van der Waals surface area contributed by atoms with Gasteiger partial charge in [-0.2, -0.15) is 0 Å². The van der Waals surface area contributed by atoms with Crippen molar-refractivity contribution < 1.29 is 19.1 Å². The number of carboxylic acid groups (broad SMARTS) is 1. The van der Waals surface area contributed by atoms with E-state index in [0.717, 1.165) is 0 Å². The molecule has 0 saturated carbocycles. The molecular weight excluding hydrogens is 225 g/mol. The van der Waals surface area contributed by atoms with Crippen LogP contribution in [0.3, 0.4) is 0 Å². The highest BCUT2D eigenvalue weighted by Gasteiger charge is 2.20. The minimum atomic E-state index is -1.13. The number of halogens is 1. The van der Waals surface area contributed by atoms with Crippen LogP contribution in [0.25, 0.3) is 0 Å². The second-order valence-corrected chi connectivity index (χ2v) is 3.71. The first-order chi connectivity index (χ1) is 7.97. The maximum atomic E-state index is 13.6. The fourth-order valence-electron chi connectivity index (χ4n) is 1.40. The van der Waals surface area contributed by atoms with Crippen molar-refractivity contribution >= 4 is 11.9 Å². The summed E-state index contributed by atoms with van der Waals surface area (Å²) in [6, 6.07) is 3.42. The molecule has 0 unspecified atom stereocenters. The van der Waals surface area contributed by atoms with E-state index in [2.05, 4.69) is 5.32 Å². The Labute approximate surface area is 98.5 Å². The quantitative estimate of drug-likeness (QED) is 0.840. The second-order valence-electron chi connectivity index (χ2n) is 3.71. The Morgan fingerprint density at radius 1 is 1.47 bits per heavy atom. The first-order valence-electron chi connectivity index (χ1n) is 5.26. The summed E-state index contributed by atoms with van der Waals surface area (Å²) < 4.78 is 13.6. The molecule has 1 aromatic carbocycles. The van der Waals surface area contributed by atoms with Crippen LogP contribution in [0.4, 0.5) is 4.39 Å². The minimum absolute atomic E-state index is 0.135. The van der Waals surface area contributed by atoms with Gasteiger partial charge in [0.2, 0.25) is 0 Å². The van der Waals surface area contributed by atoms with Crippen LogP contribution < -0.4 is 5.32 Å². The number of aryl methyl sites for hydroxylation is 1. The summed E-state index contributed by atoms with van der Waals surface area (Å²) in [4.78, 5) is 22.4. The molecule has 92 valence electrons. The largest absolute Gasteiger partial charge is 0.480 e. The van der Waals surface area contributed by atoms with E-state index < -0.39 is 23.7 Å². The highest BCUT2D eigenvalue weighted by molar-refractivity contribution is 5.96. The number of hydrogen-bond acceptors (Lipinski definition) is 2. The molecule has 0 radical (unpaired) electrons. The van der Waals surface area contributed by atoms with Gasteiger partial charge in [-0.15, -0.1) is 0 Å². The summed E-state index contributed by atoms with van der Waals surface area (Å²) in [5.74, 6) is -2.46. The molecule has 0 bridgehead atoms. The van der Waals surface area contributed by atoms with Crippen LogP contribution in [0.15, 0.2) is 18.2 Å². The molecule has 0 aliphatic heterocycles. The molecule has 0 aromatic heterocycles. The number of nitrogens with one attached hydrogen (secondary N) is 1. The van der Waals surface area contributed by atoms with E-state index in [1.54, 1.807) is 26.0 Å². The van der Waals surface area contributed by atoms with E-state index >= 15 is 0 Å². The molecule has 1 amide bonds. The number of carboxylic acids is 1. The van der Waals surface area contributed by atoms with Gasteiger partial charge >= 0.3 is 5.97 Å². The lowest BCUT2D eigenvalue weighted by atomic mass is 10.1. The van der Waals surface area contributed by atoms with Crippen molar-refractivity contribution in [3.8, 4) is 0 Å². The molecule has 1 aromatic rings. The molecule has 0 aliphatic carbocycles. The lowest BCUT2D eigenvalue weighted by Gasteiger charge is -2.13. The zero-order valence-corrected chi connectivity index (χ0v) is 9.66. The summed E-state index contributed by atoms with van der Waals surface area (Å²) in [5, 5.41) is 11.1. The van der Waals surface area contributed by atoms with Crippen molar-refractivity contribution in [2.75, 3.05) is 0 Å². The topological polar surface area (TPSA) is 66.4 Å². The summed E-state index contributed by atoms with van der Waals surface area (Å²) in [6.07, 6.45) is 0.245. The molecule has 1 atom stereocenters. The van der Waals surface area contributed by atoms with Gasteiger partial charge < -0.3 is 10.4 Å². The first-order valence-corrected chi connectivity index (χ1v) is 5.26. The van der Waals surface area contributed by atoms with Gasteiger partial charge in [0.05, 0.1) is 5.56 Å². The molecule has 5 heteroatoms. The number of rotatable bonds is 4. The molecule has 0 aliphatic rings. The van der Waals surface area contributed by atoms with Gasteiger partial charge in [-0.3, -0.25) is 4.79 Å². The van der Waals surface area contributed by atoms with Crippen LogP contribution in [0.2, 0.25) is 0 Å². The van der Waals surface area contributed by atoms with E-state index in [4.69, 9.17) is 5.11 Å². The van der Waals surface area contributed by atoms with Crippen LogP contribution in [-0.2, 0) is 4.79 Å². The van der Waals surface area contributed by atoms with Gasteiger partial charge in [0.1, 0.15) is 11.9 Å². The zero-order chi connectivity index (χ0) is 13.0. The smallest absolute Gasteiger partial charge is 0.326 e. The van der Waals surface area contributed by atoms with Gasteiger partial charge in [0, 0.05) is 0 Å². The van der Waals surface area contributed by atoms with E-state index in [1.165, 1.54) is 6.07 Å². The Morgan fingerprint density at radius 2 is 2.12 bits per heavy atom. The average Bonchev–Trinajstić information content (AvgIpc) is 2.28. The molecule has 0 saturated heterocycles. The fourth-order valence-corrected chi connectivity index (χ4v) is 1.40. The highest BCUT2D eigenvalue weighted by Crippen LogP contribution is 2.12. The Kier molecular flexibility index (Phi) is 4.20. The fraction of sp³-hybridized carbons (Fsp3) is 0.333. The third-order valence-electron chi connectivity index (χ3n) is 2.45. The molecular formula is C12H14FNO3. The lowest BCUT2D eigenvalue weighted by molar-refractivity contribution is -0.139. The average molecular weight is 239 g/mol. The van der Waals surface area contributed by atoms with Crippen LogP contribution in [0, 0.1) is 12.7 Å². The Morgan fingerprint density at radius 3 is 2.65 bits per heavy atom. The summed E-state index contributed by atoms with van der Waals surface area (Å²) >= 11 is 0. The molecule has 0 heterocycles. The Bertz CT molecular complexity index is 445. The predicted octanol–water partition coefficient (Wildman–Crippen LogP) is 1.73. The van der Waals surface area contributed by atoms with Gasteiger partial charge in [-0.05, 0) is 25.0 Å². The SMILES string of the molecule is CC[C@@H](NC(=O)c1cccc(C)c1F)C(=O)O. The maximum absolute atomic E-state index is 13.6. The predicted molar refractivity (Wildman–Crippen MR) is 60.3 cm³/mol. The third kappa shape index (κ3) is 3.03. The van der Waals surface area contributed by atoms with Crippen molar-refractivity contribution in [3.05, 3.63) is 35.1 Å². The first kappa shape index (κ1) is 13.2. The van der Waals surface area contributed by atoms with Crippen LogP contribution in [-0.4, -0.2) is 23.0 Å². The third-order valence-corrected chi connectivity index (χ3v) is 2.45. The Hall–Kier alpha value is -1.91. The van der Waals surface area contributed by atoms with E-state index in [-0.39, 0.29) is 12.0 Å². The van der Waals surface area contributed by atoms with E-state index in [0.29, 0.717) is 5.56 Å². The van der Waals surface area contributed by atoms with Crippen LogP contribution in [0.1, 0.15) is 29.3 Å². The van der Waals surface area contributed by atoms with Crippen molar-refractivity contribution in [2.45, 2.75) is 26.3 Å². The standard InChI is InChI=1S/C12H14FNO3/c1-3-9(12(16)17)14-11(15)8-6-4-5-7(2)10(8)13/h4-6,9H,3H2,1-2H3,(H,14,15)(H,16,17)/t9-/m1/s1. The van der Waals surface area contributed by atoms with Gasteiger partial charge in [-0.1, -0.05) is 19.1 Å². The summed E-state index contributed by atoms with van der Waals surface area (Å²) in [5.41, 5.74) is 0.214. The molecule has 4 nitrogen and oxygen atoms in total. The van der Waals surface area contributed by atoms with Gasteiger partial charge in [0.25, 0.3) is 5.91 Å². The number of amides is 1. The number of aliphatic carboxylic acids is 1. The maximum Gasteiger partial charge on any atom is 0.326 e. The van der Waals surface area contributed by atoms with E-state index in [9.17, 15) is 14.0 Å². The van der Waals surface area contributed by atoms with Gasteiger partial charge in [0.15, 0.2) is 0 Å². The number of carbonyl (C=O) groups is 2. The second kappa shape index (κ2) is 5.43.